The molecule has 0 aliphatic heterocycles. The van der Waals surface area contributed by atoms with E-state index in [0.29, 0.717) is 0 Å². The summed E-state index contributed by atoms with van der Waals surface area (Å²) in [5.41, 5.74) is 2.38. The molecule has 0 aliphatic carbocycles. The SMILES string of the molecule is O=C(SCc1ccccc1)SCc1ccccc1.[Zn]. The number of hydrogen-bond acceptors (Lipinski definition) is 3. The molecule has 0 atom stereocenters. The molecule has 0 aliphatic rings. The predicted octanol–water partition coefficient (Wildman–Crippen LogP) is 4.97. The Kier molecular flexibility index (Phi) is 8.12. The van der Waals surface area contributed by atoms with Gasteiger partial charge >= 0.3 is 0 Å². The number of thioether (sulfide) groups is 2. The third-order valence-electron chi connectivity index (χ3n) is 2.40. The first kappa shape index (κ1) is 16.5. The van der Waals surface area contributed by atoms with E-state index in [4.69, 9.17) is 0 Å². The van der Waals surface area contributed by atoms with Crippen molar-refractivity contribution in [3.63, 3.8) is 0 Å². The Hall–Kier alpha value is -0.567. The molecular weight excluding hydrogens is 326 g/mol. The second-order valence-corrected chi connectivity index (χ2v) is 5.95. The molecule has 0 fully saturated rings. The average Bonchev–Trinajstić information content (AvgIpc) is 2.45. The maximum absolute atomic E-state index is 11.7. The van der Waals surface area contributed by atoms with Crippen molar-refractivity contribution in [2.24, 2.45) is 0 Å². The molecule has 1 nitrogen and oxygen atoms in total. The Balaban J connectivity index is 0.00000180. The zero-order valence-electron chi connectivity index (χ0n) is 10.6. The van der Waals surface area contributed by atoms with Crippen molar-refractivity contribution < 1.29 is 24.3 Å². The molecule has 0 bridgehead atoms. The fourth-order valence-corrected chi connectivity index (χ4v) is 3.12. The summed E-state index contributed by atoms with van der Waals surface area (Å²) < 4.78 is 0.183. The Morgan fingerprint density at radius 2 is 1.11 bits per heavy atom. The van der Waals surface area contributed by atoms with Gasteiger partial charge in [0.05, 0.1) is 0 Å². The molecule has 2 aromatic carbocycles. The number of carbonyl (C=O) groups excluding carboxylic acids is 1. The van der Waals surface area contributed by atoms with E-state index >= 15 is 0 Å². The maximum Gasteiger partial charge on any atom is 0.246 e. The van der Waals surface area contributed by atoms with Crippen LogP contribution in [0.3, 0.4) is 0 Å². The molecule has 0 saturated carbocycles. The summed E-state index contributed by atoms with van der Waals surface area (Å²) in [6.07, 6.45) is 0. The summed E-state index contributed by atoms with van der Waals surface area (Å²) >= 11 is 2.75. The van der Waals surface area contributed by atoms with Crippen LogP contribution >= 0.6 is 23.5 Å². The van der Waals surface area contributed by atoms with E-state index in [1.807, 2.05) is 60.7 Å². The number of benzene rings is 2. The standard InChI is InChI=1S/C15H14OS2.Zn/c16-15(17-11-13-7-3-1-4-8-13)18-12-14-9-5-2-6-10-14;/h1-10H,11-12H2;. The van der Waals surface area contributed by atoms with Gasteiger partial charge in [0.2, 0.25) is 4.45 Å². The second-order valence-electron chi connectivity index (χ2n) is 3.80. The second kappa shape index (κ2) is 9.36. The van der Waals surface area contributed by atoms with Gasteiger partial charge in [-0.15, -0.1) is 0 Å². The van der Waals surface area contributed by atoms with Crippen molar-refractivity contribution in [1.82, 2.24) is 0 Å². The van der Waals surface area contributed by atoms with Crippen LogP contribution in [-0.4, -0.2) is 4.45 Å². The van der Waals surface area contributed by atoms with Crippen LogP contribution in [0.1, 0.15) is 11.1 Å². The van der Waals surface area contributed by atoms with Gasteiger partial charge in [-0.25, -0.2) is 0 Å². The summed E-state index contributed by atoms with van der Waals surface area (Å²) in [5, 5.41) is 0. The van der Waals surface area contributed by atoms with Crippen LogP contribution in [0.4, 0.5) is 4.79 Å². The fourth-order valence-electron chi connectivity index (χ4n) is 1.47. The van der Waals surface area contributed by atoms with E-state index in [9.17, 15) is 4.79 Å². The molecule has 94 valence electrons. The minimum atomic E-state index is 0. The molecule has 0 saturated heterocycles. The molecular formula is C15H14OS2Zn. The van der Waals surface area contributed by atoms with Gasteiger partial charge in [-0.05, 0) is 11.1 Å². The molecule has 0 heterocycles. The monoisotopic (exact) mass is 338 g/mol. The Labute approximate surface area is 135 Å². The van der Waals surface area contributed by atoms with Crippen LogP contribution in [-0.2, 0) is 31.0 Å². The minimum absolute atomic E-state index is 0. The normalized spacial score (nSPS) is 9.68. The van der Waals surface area contributed by atoms with Crippen LogP contribution in [0.2, 0.25) is 0 Å². The zero-order valence-corrected chi connectivity index (χ0v) is 15.2. The van der Waals surface area contributed by atoms with Gasteiger partial charge in [0.1, 0.15) is 0 Å². The van der Waals surface area contributed by atoms with E-state index in [0.717, 1.165) is 11.5 Å². The van der Waals surface area contributed by atoms with Gasteiger partial charge in [0, 0.05) is 31.0 Å². The first-order chi connectivity index (χ1) is 8.84. The summed E-state index contributed by atoms with van der Waals surface area (Å²) in [7, 11) is 0. The molecule has 0 amide bonds. The van der Waals surface area contributed by atoms with Crippen molar-refractivity contribution in [2.75, 3.05) is 0 Å². The molecule has 0 aromatic heterocycles. The van der Waals surface area contributed by atoms with E-state index in [1.54, 1.807) is 0 Å². The largest absolute Gasteiger partial charge is 0.274 e. The molecule has 0 N–H and O–H groups in total. The molecule has 19 heavy (non-hydrogen) atoms. The van der Waals surface area contributed by atoms with Crippen LogP contribution in [0.25, 0.3) is 0 Å². The molecule has 0 radical (unpaired) electrons. The van der Waals surface area contributed by atoms with Crippen molar-refractivity contribution >= 4 is 28.0 Å². The molecule has 0 unspecified atom stereocenters. The van der Waals surface area contributed by atoms with E-state index in [1.165, 1.54) is 34.7 Å². The molecule has 0 spiro atoms. The summed E-state index contributed by atoms with van der Waals surface area (Å²) in [6, 6.07) is 20.1. The van der Waals surface area contributed by atoms with Crippen LogP contribution in [0.15, 0.2) is 60.7 Å². The smallest absolute Gasteiger partial charge is 0.246 e. The summed E-state index contributed by atoms with van der Waals surface area (Å²) in [4.78, 5) is 11.7. The average molecular weight is 340 g/mol. The van der Waals surface area contributed by atoms with E-state index in [-0.39, 0.29) is 23.9 Å². The van der Waals surface area contributed by atoms with Gasteiger partial charge in [0.25, 0.3) is 0 Å². The Morgan fingerprint density at radius 1 is 0.737 bits per heavy atom. The molecule has 4 heteroatoms. The first-order valence-corrected chi connectivity index (χ1v) is 7.69. The quantitative estimate of drug-likeness (QED) is 0.732. The van der Waals surface area contributed by atoms with Gasteiger partial charge < -0.3 is 0 Å². The Bertz CT molecular complexity index is 443. The Morgan fingerprint density at radius 3 is 1.47 bits per heavy atom. The van der Waals surface area contributed by atoms with Crippen molar-refractivity contribution in [3.8, 4) is 0 Å². The number of rotatable bonds is 4. The third kappa shape index (κ3) is 6.42. The van der Waals surface area contributed by atoms with Crippen molar-refractivity contribution in [2.45, 2.75) is 11.5 Å². The summed E-state index contributed by atoms with van der Waals surface area (Å²) in [6.45, 7) is 0. The maximum atomic E-state index is 11.7. The number of carbonyl (C=O) groups is 1. The molecule has 2 aromatic rings. The van der Waals surface area contributed by atoms with Gasteiger partial charge in [0.15, 0.2) is 0 Å². The van der Waals surface area contributed by atoms with Crippen LogP contribution < -0.4 is 0 Å². The van der Waals surface area contributed by atoms with Gasteiger partial charge in [-0.3, -0.25) is 4.79 Å². The first-order valence-electron chi connectivity index (χ1n) is 5.72. The van der Waals surface area contributed by atoms with Gasteiger partial charge in [-0.2, -0.15) is 0 Å². The third-order valence-corrected chi connectivity index (χ3v) is 4.53. The topological polar surface area (TPSA) is 17.1 Å². The zero-order chi connectivity index (χ0) is 12.6. The van der Waals surface area contributed by atoms with Gasteiger partial charge in [-0.1, -0.05) is 84.2 Å². The van der Waals surface area contributed by atoms with E-state index < -0.39 is 0 Å². The van der Waals surface area contributed by atoms with E-state index in [2.05, 4.69) is 0 Å². The van der Waals surface area contributed by atoms with Crippen molar-refractivity contribution in [3.05, 3.63) is 71.8 Å². The van der Waals surface area contributed by atoms with Crippen LogP contribution in [0.5, 0.6) is 0 Å². The fraction of sp³-hybridized carbons (Fsp3) is 0.133. The number of hydrogen-bond donors (Lipinski definition) is 0. The summed E-state index contributed by atoms with van der Waals surface area (Å²) in [5.74, 6) is 1.50. The predicted molar refractivity (Wildman–Crippen MR) is 80.9 cm³/mol. The molecule has 2 rings (SSSR count). The van der Waals surface area contributed by atoms with Crippen molar-refractivity contribution in [1.29, 1.82) is 0 Å². The van der Waals surface area contributed by atoms with Crippen LogP contribution in [0, 0.1) is 0 Å². The minimum Gasteiger partial charge on any atom is -0.274 e.